The minimum Gasteiger partial charge on any atom is -0.488 e. The summed E-state index contributed by atoms with van der Waals surface area (Å²) in [5, 5.41) is 10.1. The Hall–Kier alpha value is -3.47. The van der Waals surface area contributed by atoms with E-state index in [0.717, 1.165) is 38.9 Å². The summed E-state index contributed by atoms with van der Waals surface area (Å²) in [7, 11) is 0. The van der Waals surface area contributed by atoms with Gasteiger partial charge in [-0.3, -0.25) is 4.79 Å². The van der Waals surface area contributed by atoms with Crippen molar-refractivity contribution in [1.82, 2.24) is 4.98 Å². The summed E-state index contributed by atoms with van der Waals surface area (Å²) in [6, 6.07) is 15.9. The number of aryl methyl sites for hydroxylation is 1. The lowest BCUT2D eigenvalue weighted by Crippen LogP contribution is -2.00. The number of furan rings is 1. The number of aromatic nitrogens is 1. The molecule has 27 heavy (non-hydrogen) atoms. The highest BCUT2D eigenvalue weighted by Crippen LogP contribution is 2.34. The molecule has 0 radical (unpaired) electrons. The Labute approximate surface area is 156 Å². The quantitative estimate of drug-likeness (QED) is 0.484. The minimum atomic E-state index is -0.800. The second-order valence-electron chi connectivity index (χ2n) is 6.42. The maximum atomic E-state index is 10.9. The highest BCUT2D eigenvalue weighted by Gasteiger charge is 2.11. The van der Waals surface area contributed by atoms with E-state index in [1.807, 2.05) is 48.7 Å². The zero-order valence-corrected chi connectivity index (χ0v) is 14.6. The zero-order valence-electron chi connectivity index (χ0n) is 14.6. The van der Waals surface area contributed by atoms with Gasteiger partial charge in [0.15, 0.2) is 0 Å². The summed E-state index contributed by atoms with van der Waals surface area (Å²) in [4.78, 5) is 14.1. The summed E-state index contributed by atoms with van der Waals surface area (Å²) >= 11 is 0. The van der Waals surface area contributed by atoms with Gasteiger partial charge in [0.2, 0.25) is 0 Å². The lowest BCUT2D eigenvalue weighted by molar-refractivity contribution is -0.136. The van der Waals surface area contributed by atoms with Gasteiger partial charge in [-0.2, -0.15) is 0 Å². The highest BCUT2D eigenvalue weighted by molar-refractivity contribution is 5.86. The average Bonchev–Trinajstić information content (AvgIpc) is 3.35. The summed E-state index contributed by atoms with van der Waals surface area (Å²) in [5.74, 6) is -0.0456. The number of carboxylic acid groups (broad SMARTS) is 1. The number of fused-ring (bicyclic) bond motifs is 1. The molecule has 2 N–H and O–H groups in total. The first-order valence-corrected chi connectivity index (χ1v) is 8.75. The molecule has 0 saturated carbocycles. The van der Waals surface area contributed by atoms with Crippen LogP contribution in [0.15, 0.2) is 71.7 Å². The molecule has 5 nitrogen and oxygen atoms in total. The Morgan fingerprint density at radius 2 is 2.00 bits per heavy atom. The third kappa shape index (κ3) is 3.87. The second-order valence-corrected chi connectivity index (χ2v) is 6.42. The number of ether oxygens (including phenoxy) is 1. The molecule has 2 heterocycles. The molecule has 0 spiro atoms. The van der Waals surface area contributed by atoms with Crippen molar-refractivity contribution in [2.45, 2.75) is 19.4 Å². The molecule has 0 aliphatic rings. The molecule has 0 amide bonds. The fraction of sp³-hybridized carbons (Fsp3) is 0.136. The van der Waals surface area contributed by atoms with E-state index in [2.05, 4.69) is 11.1 Å². The number of benzene rings is 2. The smallest absolute Gasteiger partial charge is 0.303 e. The Bertz CT molecular complexity index is 1060. The van der Waals surface area contributed by atoms with E-state index in [1.54, 1.807) is 12.5 Å². The Morgan fingerprint density at radius 3 is 2.81 bits per heavy atom. The van der Waals surface area contributed by atoms with Crippen molar-refractivity contribution in [1.29, 1.82) is 0 Å². The molecule has 136 valence electrons. The monoisotopic (exact) mass is 361 g/mol. The first kappa shape index (κ1) is 17.0. The van der Waals surface area contributed by atoms with Gasteiger partial charge < -0.3 is 19.2 Å². The molecular weight excluding hydrogens is 342 g/mol. The predicted molar refractivity (Wildman–Crippen MR) is 103 cm³/mol. The van der Waals surface area contributed by atoms with Crippen molar-refractivity contribution in [2.24, 2.45) is 0 Å². The summed E-state index contributed by atoms with van der Waals surface area (Å²) in [6.45, 7) is 0.407. The van der Waals surface area contributed by atoms with Crippen LogP contribution in [0.4, 0.5) is 0 Å². The topological polar surface area (TPSA) is 75.5 Å². The highest BCUT2D eigenvalue weighted by atomic mass is 16.5. The number of hydrogen-bond acceptors (Lipinski definition) is 3. The number of carbonyl (C=O) groups is 1. The fourth-order valence-corrected chi connectivity index (χ4v) is 3.09. The van der Waals surface area contributed by atoms with Gasteiger partial charge in [-0.25, -0.2) is 0 Å². The van der Waals surface area contributed by atoms with E-state index in [-0.39, 0.29) is 6.42 Å². The van der Waals surface area contributed by atoms with Crippen LogP contribution in [-0.2, 0) is 17.8 Å². The second kappa shape index (κ2) is 7.41. The van der Waals surface area contributed by atoms with Crippen LogP contribution in [0, 0.1) is 0 Å². The average molecular weight is 361 g/mol. The maximum absolute atomic E-state index is 10.9. The molecule has 5 heteroatoms. The predicted octanol–water partition coefficient (Wildman–Crippen LogP) is 5.02. The number of nitrogens with one attached hydrogen (secondary N) is 1. The summed E-state index contributed by atoms with van der Waals surface area (Å²) in [6.07, 6.45) is 5.78. The van der Waals surface area contributed by atoms with E-state index in [1.165, 1.54) is 0 Å². The molecule has 0 bridgehead atoms. The Morgan fingerprint density at radius 1 is 1.07 bits per heavy atom. The molecule has 0 saturated heterocycles. The molecule has 0 unspecified atom stereocenters. The Balaban J connectivity index is 1.69. The minimum absolute atomic E-state index is 0.103. The van der Waals surface area contributed by atoms with E-state index < -0.39 is 5.97 Å². The molecule has 0 aliphatic heterocycles. The van der Waals surface area contributed by atoms with Crippen LogP contribution in [0.3, 0.4) is 0 Å². The van der Waals surface area contributed by atoms with Gasteiger partial charge >= 0.3 is 5.97 Å². The van der Waals surface area contributed by atoms with E-state index in [0.29, 0.717) is 13.0 Å². The van der Waals surface area contributed by atoms with Gasteiger partial charge in [-0.1, -0.05) is 12.1 Å². The lowest BCUT2D eigenvalue weighted by atomic mass is 9.99. The van der Waals surface area contributed by atoms with Gasteiger partial charge in [0.1, 0.15) is 12.4 Å². The van der Waals surface area contributed by atoms with Crippen molar-refractivity contribution in [2.75, 3.05) is 0 Å². The van der Waals surface area contributed by atoms with Crippen LogP contribution in [-0.4, -0.2) is 16.1 Å². The number of rotatable bonds is 7. The van der Waals surface area contributed by atoms with Gasteiger partial charge in [0, 0.05) is 29.3 Å². The molecule has 2 aromatic heterocycles. The number of aliphatic carboxylic acids is 1. The standard InChI is InChI=1S/C22H19NO4/c24-22(25)6-2-15-1-5-21(27-14-16-8-10-26-13-16)19(11-15)17-3-4-20-18(12-17)7-9-23-20/h1,3-5,7-13,23H,2,6,14H2,(H,24,25). The van der Waals surface area contributed by atoms with Crippen molar-refractivity contribution < 1.29 is 19.1 Å². The van der Waals surface area contributed by atoms with Gasteiger partial charge in [0.05, 0.1) is 12.5 Å². The van der Waals surface area contributed by atoms with Crippen LogP contribution in [0.2, 0.25) is 0 Å². The van der Waals surface area contributed by atoms with Crippen molar-refractivity contribution in [3.8, 4) is 16.9 Å². The van der Waals surface area contributed by atoms with Crippen LogP contribution >= 0.6 is 0 Å². The number of hydrogen-bond donors (Lipinski definition) is 2. The van der Waals surface area contributed by atoms with Gasteiger partial charge in [0.25, 0.3) is 0 Å². The number of aromatic amines is 1. The number of H-pyrrole nitrogens is 1. The first-order valence-electron chi connectivity index (χ1n) is 8.75. The van der Waals surface area contributed by atoms with Crippen LogP contribution in [0.25, 0.3) is 22.0 Å². The maximum Gasteiger partial charge on any atom is 0.303 e. The van der Waals surface area contributed by atoms with E-state index in [4.69, 9.17) is 14.3 Å². The fourth-order valence-electron chi connectivity index (χ4n) is 3.09. The molecular formula is C22H19NO4. The third-order valence-electron chi connectivity index (χ3n) is 4.51. The van der Waals surface area contributed by atoms with Crippen molar-refractivity contribution >= 4 is 16.9 Å². The molecule has 0 fully saturated rings. The van der Waals surface area contributed by atoms with Crippen LogP contribution < -0.4 is 4.74 Å². The zero-order chi connectivity index (χ0) is 18.6. The molecule has 0 aliphatic carbocycles. The normalized spacial score (nSPS) is 11.0. The van der Waals surface area contributed by atoms with Gasteiger partial charge in [-0.05, 0) is 59.3 Å². The van der Waals surface area contributed by atoms with Gasteiger partial charge in [-0.15, -0.1) is 0 Å². The first-order chi connectivity index (χ1) is 13.2. The largest absolute Gasteiger partial charge is 0.488 e. The lowest BCUT2D eigenvalue weighted by Gasteiger charge is -2.13. The van der Waals surface area contributed by atoms with Crippen LogP contribution in [0.5, 0.6) is 5.75 Å². The molecule has 0 atom stereocenters. The summed E-state index contributed by atoms with van der Waals surface area (Å²) < 4.78 is 11.1. The Kier molecular flexibility index (Phi) is 4.66. The van der Waals surface area contributed by atoms with E-state index in [9.17, 15) is 4.79 Å². The SMILES string of the molecule is O=C(O)CCc1ccc(OCc2ccoc2)c(-c2ccc3[nH]ccc3c2)c1. The molecule has 4 aromatic rings. The number of carboxylic acids is 1. The third-order valence-corrected chi connectivity index (χ3v) is 4.51. The van der Waals surface area contributed by atoms with Crippen LogP contribution in [0.1, 0.15) is 17.5 Å². The van der Waals surface area contributed by atoms with E-state index >= 15 is 0 Å². The van der Waals surface area contributed by atoms with Crippen molar-refractivity contribution in [3.05, 3.63) is 78.4 Å². The molecule has 2 aromatic carbocycles. The summed E-state index contributed by atoms with van der Waals surface area (Å²) in [5.41, 5.74) is 4.97. The molecule has 4 rings (SSSR count). The van der Waals surface area contributed by atoms with Crippen molar-refractivity contribution in [3.63, 3.8) is 0 Å².